The lowest BCUT2D eigenvalue weighted by atomic mass is 10.8. The third kappa shape index (κ3) is 2.42. The zero-order chi connectivity index (χ0) is 8.41. The monoisotopic (exact) mass is 172 g/mol. The minimum atomic E-state index is -0.884. The summed E-state index contributed by atoms with van der Waals surface area (Å²) in [7, 11) is -1.72. The zero-order valence-electron chi connectivity index (χ0n) is 7.99. The lowest BCUT2D eigenvalue weighted by Crippen LogP contribution is -2.51. The molecule has 0 unspecified atom stereocenters. The second-order valence-corrected chi connectivity index (χ2v) is 21.9. The Hall–Kier alpha value is 0.174. The number of hydrogen-bond donors (Lipinski definition) is 0. The summed E-state index contributed by atoms with van der Waals surface area (Å²) in [5.41, 5.74) is 0. The highest BCUT2D eigenvalue weighted by atomic mass is 29.3. The van der Waals surface area contributed by atoms with Crippen molar-refractivity contribution in [3.63, 3.8) is 0 Å². The molecular formula is C8H20Si2. The third-order valence-electron chi connectivity index (χ3n) is 2.68. The first-order valence-corrected chi connectivity index (χ1v) is 11.6. The van der Waals surface area contributed by atoms with Crippen molar-refractivity contribution in [2.45, 2.75) is 38.8 Å². The summed E-state index contributed by atoms with van der Waals surface area (Å²) in [5, 5.41) is 0. The molecule has 0 nitrogen and oxygen atoms in total. The average Bonchev–Trinajstić information content (AvgIpc) is 1.61. The van der Waals surface area contributed by atoms with Gasteiger partial charge in [-0.1, -0.05) is 38.8 Å². The summed E-state index contributed by atoms with van der Waals surface area (Å²) < 4.78 is 0. The van der Waals surface area contributed by atoms with Crippen LogP contribution in [-0.4, -0.2) is 15.2 Å². The van der Waals surface area contributed by atoms with Gasteiger partial charge in [0.25, 0.3) is 0 Å². The van der Waals surface area contributed by atoms with Crippen molar-refractivity contribution >= 4 is 15.2 Å². The molecular weight excluding hydrogens is 152 g/mol. The quantitative estimate of drug-likeness (QED) is 0.453. The average molecular weight is 172 g/mol. The number of rotatable bonds is 3. The molecule has 0 radical (unpaired) electrons. The molecule has 0 aromatic rings. The Kier molecular flexibility index (Phi) is 3.10. The number of allylic oxidation sites excluding steroid dienone is 1. The molecule has 0 rings (SSSR count). The Balaban J connectivity index is 4.23. The van der Waals surface area contributed by atoms with E-state index in [1.165, 1.54) is 6.04 Å². The van der Waals surface area contributed by atoms with Crippen molar-refractivity contribution in [2.75, 3.05) is 0 Å². The van der Waals surface area contributed by atoms with Crippen LogP contribution in [0.4, 0.5) is 0 Å². The van der Waals surface area contributed by atoms with Crippen LogP contribution in [0.15, 0.2) is 12.7 Å². The summed E-state index contributed by atoms with van der Waals surface area (Å²) >= 11 is 0. The SMILES string of the molecule is C=CC[Si](C)(C)[Si](C)(C)C. The molecule has 0 amide bonds. The Morgan fingerprint density at radius 2 is 1.50 bits per heavy atom. The van der Waals surface area contributed by atoms with Gasteiger partial charge in [-0.25, -0.2) is 0 Å². The molecule has 0 aromatic carbocycles. The van der Waals surface area contributed by atoms with Gasteiger partial charge in [0.15, 0.2) is 0 Å². The summed E-state index contributed by atoms with van der Waals surface area (Å²) in [6.07, 6.45) is 2.10. The van der Waals surface area contributed by atoms with Gasteiger partial charge in [-0.2, -0.15) is 0 Å². The van der Waals surface area contributed by atoms with Crippen LogP contribution in [0.3, 0.4) is 0 Å². The van der Waals surface area contributed by atoms with Gasteiger partial charge in [-0.15, -0.1) is 6.58 Å². The molecule has 60 valence electrons. The standard InChI is InChI=1S/C8H20Si2/c1-7-8-10(5,6)9(2,3)4/h7H,1,8H2,2-6H3. The van der Waals surface area contributed by atoms with Gasteiger partial charge in [0, 0.05) is 15.2 Å². The van der Waals surface area contributed by atoms with Crippen LogP contribution >= 0.6 is 0 Å². The summed E-state index contributed by atoms with van der Waals surface area (Å²) in [6, 6.07) is 1.29. The zero-order valence-corrected chi connectivity index (χ0v) is 9.99. The van der Waals surface area contributed by atoms with Gasteiger partial charge in [-0.3, -0.25) is 0 Å². The lowest BCUT2D eigenvalue weighted by Gasteiger charge is -2.34. The highest BCUT2D eigenvalue weighted by Gasteiger charge is 2.34. The predicted molar refractivity (Wildman–Crippen MR) is 55.8 cm³/mol. The van der Waals surface area contributed by atoms with E-state index >= 15 is 0 Å². The minimum Gasteiger partial charge on any atom is -0.103 e. The topological polar surface area (TPSA) is 0 Å². The van der Waals surface area contributed by atoms with Gasteiger partial charge < -0.3 is 0 Å². The molecule has 0 N–H and O–H groups in total. The van der Waals surface area contributed by atoms with E-state index < -0.39 is 15.2 Å². The molecule has 0 atom stereocenters. The molecule has 0 aliphatic carbocycles. The van der Waals surface area contributed by atoms with Gasteiger partial charge in [-0.05, 0) is 6.04 Å². The first kappa shape index (κ1) is 10.2. The fraction of sp³-hybridized carbons (Fsp3) is 0.750. The Labute approximate surface area is 67.2 Å². The first-order valence-electron chi connectivity index (χ1n) is 3.92. The van der Waals surface area contributed by atoms with Crippen LogP contribution < -0.4 is 0 Å². The molecule has 0 heterocycles. The molecule has 0 bridgehead atoms. The van der Waals surface area contributed by atoms with E-state index in [0.717, 1.165) is 0 Å². The second kappa shape index (κ2) is 3.05. The molecule has 0 fully saturated rings. The van der Waals surface area contributed by atoms with E-state index in [0.29, 0.717) is 0 Å². The molecule has 0 spiro atoms. The van der Waals surface area contributed by atoms with Crippen molar-refractivity contribution in [1.29, 1.82) is 0 Å². The van der Waals surface area contributed by atoms with E-state index in [4.69, 9.17) is 0 Å². The second-order valence-electron chi connectivity index (χ2n) is 4.63. The largest absolute Gasteiger partial charge is 0.103 e. The first-order chi connectivity index (χ1) is 4.31. The summed E-state index contributed by atoms with van der Waals surface area (Å²) in [5.74, 6) is 0. The van der Waals surface area contributed by atoms with E-state index in [9.17, 15) is 0 Å². The highest BCUT2D eigenvalue weighted by molar-refractivity contribution is 7.40. The van der Waals surface area contributed by atoms with Crippen molar-refractivity contribution in [2.24, 2.45) is 0 Å². The maximum Gasteiger partial charge on any atom is 0.0447 e. The highest BCUT2D eigenvalue weighted by Crippen LogP contribution is 2.22. The van der Waals surface area contributed by atoms with E-state index in [1.807, 2.05) is 0 Å². The van der Waals surface area contributed by atoms with Crippen LogP contribution in [0.5, 0.6) is 0 Å². The normalized spacial score (nSPS) is 13.3. The Morgan fingerprint density at radius 1 is 1.10 bits per heavy atom. The molecule has 0 aliphatic heterocycles. The molecule has 0 aliphatic rings. The van der Waals surface area contributed by atoms with Gasteiger partial charge >= 0.3 is 0 Å². The third-order valence-corrected chi connectivity index (χ3v) is 20.8. The van der Waals surface area contributed by atoms with E-state index in [1.54, 1.807) is 0 Å². The maximum absolute atomic E-state index is 3.82. The van der Waals surface area contributed by atoms with Crippen LogP contribution in [0.2, 0.25) is 38.8 Å². The predicted octanol–water partition coefficient (Wildman–Crippen LogP) is 3.30. The fourth-order valence-corrected chi connectivity index (χ4v) is 4.27. The van der Waals surface area contributed by atoms with Crippen molar-refractivity contribution in [1.82, 2.24) is 0 Å². The molecule has 0 saturated carbocycles. The molecule has 0 aromatic heterocycles. The van der Waals surface area contributed by atoms with Gasteiger partial charge in [0.05, 0.1) is 0 Å². The molecule has 10 heavy (non-hydrogen) atoms. The lowest BCUT2D eigenvalue weighted by molar-refractivity contribution is 1.55. The fourth-order valence-electron chi connectivity index (χ4n) is 0.667. The molecule has 2 heteroatoms. The summed E-state index contributed by atoms with van der Waals surface area (Å²) in [4.78, 5) is 0. The van der Waals surface area contributed by atoms with Crippen molar-refractivity contribution in [3.8, 4) is 0 Å². The van der Waals surface area contributed by atoms with Crippen LogP contribution in [0.25, 0.3) is 0 Å². The van der Waals surface area contributed by atoms with Crippen molar-refractivity contribution < 1.29 is 0 Å². The minimum absolute atomic E-state index is 0.838. The smallest absolute Gasteiger partial charge is 0.0447 e. The van der Waals surface area contributed by atoms with Crippen molar-refractivity contribution in [3.05, 3.63) is 12.7 Å². The Bertz CT molecular complexity index is 120. The molecule has 0 saturated heterocycles. The van der Waals surface area contributed by atoms with Crippen LogP contribution in [0, 0.1) is 0 Å². The van der Waals surface area contributed by atoms with Gasteiger partial charge in [0.2, 0.25) is 0 Å². The van der Waals surface area contributed by atoms with E-state index in [2.05, 4.69) is 45.4 Å². The van der Waals surface area contributed by atoms with Crippen LogP contribution in [-0.2, 0) is 0 Å². The Morgan fingerprint density at radius 3 is 1.60 bits per heavy atom. The number of hydrogen-bond acceptors (Lipinski definition) is 0. The summed E-state index contributed by atoms with van der Waals surface area (Å²) in [6.45, 7) is 16.2. The van der Waals surface area contributed by atoms with Gasteiger partial charge in [0.1, 0.15) is 0 Å². The maximum atomic E-state index is 3.82. The van der Waals surface area contributed by atoms with E-state index in [-0.39, 0.29) is 0 Å². The van der Waals surface area contributed by atoms with Crippen LogP contribution in [0.1, 0.15) is 0 Å².